The van der Waals surface area contributed by atoms with Crippen molar-refractivity contribution in [3.05, 3.63) is 47.1 Å². The van der Waals surface area contributed by atoms with Crippen molar-refractivity contribution in [1.29, 1.82) is 0 Å². The molecular formula is C13H20OSSi. The van der Waals surface area contributed by atoms with Crippen LogP contribution in [0.5, 0.6) is 0 Å². The van der Waals surface area contributed by atoms with Gasteiger partial charge < -0.3 is 4.43 Å². The molecule has 1 aromatic carbocycles. The monoisotopic (exact) mass is 252 g/mol. The van der Waals surface area contributed by atoms with E-state index in [4.69, 9.17) is 4.43 Å². The van der Waals surface area contributed by atoms with E-state index in [1.54, 1.807) is 11.8 Å². The summed E-state index contributed by atoms with van der Waals surface area (Å²) in [7, 11) is -1.47. The highest BCUT2D eigenvalue weighted by molar-refractivity contribution is 8.02. The van der Waals surface area contributed by atoms with Crippen molar-refractivity contribution in [2.45, 2.75) is 32.3 Å². The molecule has 0 amide bonds. The molecule has 0 aliphatic carbocycles. The van der Waals surface area contributed by atoms with Crippen LogP contribution in [0.1, 0.15) is 12.5 Å². The molecule has 0 unspecified atom stereocenters. The molecule has 0 spiro atoms. The Hall–Kier alpha value is -0.673. The third-order valence-corrected chi connectivity index (χ3v) is 3.93. The molecule has 0 saturated carbocycles. The summed E-state index contributed by atoms with van der Waals surface area (Å²) in [6.07, 6.45) is 2.06. The molecule has 0 aliphatic heterocycles. The van der Waals surface area contributed by atoms with Gasteiger partial charge in [0.2, 0.25) is 8.32 Å². The lowest BCUT2D eigenvalue weighted by molar-refractivity contribution is 0.462. The Morgan fingerprint density at radius 2 is 1.88 bits per heavy atom. The van der Waals surface area contributed by atoms with Gasteiger partial charge in [-0.25, -0.2) is 0 Å². The Balaban J connectivity index is 2.48. The molecule has 1 nitrogen and oxygen atoms in total. The van der Waals surface area contributed by atoms with E-state index in [0.29, 0.717) is 0 Å². The quantitative estimate of drug-likeness (QED) is 0.558. The average Bonchev–Trinajstić information content (AvgIpc) is 2.24. The Labute approximate surface area is 104 Å². The van der Waals surface area contributed by atoms with Crippen LogP contribution in [0.2, 0.25) is 19.6 Å². The highest BCUT2D eigenvalue weighted by atomic mass is 32.2. The van der Waals surface area contributed by atoms with Gasteiger partial charge in [-0.05, 0) is 38.2 Å². The standard InChI is InChI=1S/C13H20OSSi/c1-5-13(14-16(2,3)4)15-11-12-9-7-6-8-10-12/h5-10H,11H2,1-4H3. The second-order valence-corrected chi connectivity index (χ2v) is 10.0. The summed E-state index contributed by atoms with van der Waals surface area (Å²) in [6, 6.07) is 10.5. The zero-order valence-electron chi connectivity index (χ0n) is 10.5. The Bertz CT molecular complexity index is 341. The highest BCUT2D eigenvalue weighted by Gasteiger charge is 2.17. The molecule has 0 saturated heterocycles. The number of allylic oxidation sites excluding steroid dienone is 1. The lowest BCUT2D eigenvalue weighted by atomic mass is 10.2. The molecule has 1 rings (SSSR count). The van der Waals surface area contributed by atoms with Crippen LogP contribution >= 0.6 is 11.8 Å². The summed E-state index contributed by atoms with van der Waals surface area (Å²) in [5, 5.41) is 1.06. The molecule has 0 N–H and O–H groups in total. The van der Waals surface area contributed by atoms with Gasteiger partial charge in [0.25, 0.3) is 0 Å². The molecule has 3 heteroatoms. The van der Waals surface area contributed by atoms with Crippen molar-refractivity contribution in [1.82, 2.24) is 0 Å². The molecule has 0 fully saturated rings. The van der Waals surface area contributed by atoms with E-state index in [-0.39, 0.29) is 0 Å². The summed E-state index contributed by atoms with van der Waals surface area (Å²) in [6.45, 7) is 8.66. The average molecular weight is 252 g/mol. The minimum atomic E-state index is -1.47. The first-order valence-electron chi connectivity index (χ1n) is 5.53. The van der Waals surface area contributed by atoms with Gasteiger partial charge in [0, 0.05) is 5.75 Å². The number of rotatable bonds is 5. The lowest BCUT2D eigenvalue weighted by Crippen LogP contribution is -2.24. The Kier molecular flexibility index (Phi) is 5.15. The molecule has 0 aliphatic rings. The number of thioether (sulfide) groups is 1. The Morgan fingerprint density at radius 1 is 1.25 bits per heavy atom. The maximum atomic E-state index is 5.97. The van der Waals surface area contributed by atoms with E-state index >= 15 is 0 Å². The summed E-state index contributed by atoms with van der Waals surface area (Å²) in [5.41, 5.74) is 1.34. The first-order valence-corrected chi connectivity index (χ1v) is 9.93. The molecule has 0 atom stereocenters. The molecular weight excluding hydrogens is 232 g/mol. The molecule has 0 aromatic heterocycles. The smallest absolute Gasteiger partial charge is 0.242 e. The van der Waals surface area contributed by atoms with Crippen LogP contribution in [0.25, 0.3) is 0 Å². The van der Waals surface area contributed by atoms with Gasteiger partial charge in [-0.15, -0.1) is 0 Å². The van der Waals surface area contributed by atoms with E-state index in [1.807, 2.05) is 13.0 Å². The summed E-state index contributed by atoms with van der Waals surface area (Å²) in [4.78, 5) is 0. The Morgan fingerprint density at radius 3 is 2.38 bits per heavy atom. The van der Waals surface area contributed by atoms with Crippen LogP contribution in [0.4, 0.5) is 0 Å². The molecule has 0 radical (unpaired) electrons. The van der Waals surface area contributed by atoms with Crippen LogP contribution in [-0.4, -0.2) is 8.32 Å². The molecule has 16 heavy (non-hydrogen) atoms. The topological polar surface area (TPSA) is 9.23 Å². The normalized spacial score (nSPS) is 12.6. The first-order chi connectivity index (χ1) is 7.51. The van der Waals surface area contributed by atoms with E-state index in [9.17, 15) is 0 Å². The van der Waals surface area contributed by atoms with E-state index in [2.05, 4.69) is 50.0 Å². The van der Waals surface area contributed by atoms with Crippen LogP contribution in [0.15, 0.2) is 41.5 Å². The second kappa shape index (κ2) is 6.16. The highest BCUT2D eigenvalue weighted by Crippen LogP contribution is 2.25. The summed E-state index contributed by atoms with van der Waals surface area (Å²) in [5.74, 6) is 0.977. The van der Waals surface area contributed by atoms with Crippen LogP contribution in [-0.2, 0) is 10.2 Å². The number of hydrogen-bond acceptors (Lipinski definition) is 2. The first kappa shape index (κ1) is 13.4. The lowest BCUT2D eigenvalue weighted by Gasteiger charge is -2.21. The van der Waals surface area contributed by atoms with Crippen LogP contribution < -0.4 is 0 Å². The second-order valence-electron chi connectivity index (χ2n) is 4.60. The molecule has 0 bridgehead atoms. The van der Waals surface area contributed by atoms with Crippen molar-refractivity contribution >= 4 is 20.1 Å². The van der Waals surface area contributed by atoms with Gasteiger partial charge in [0.05, 0.1) is 0 Å². The van der Waals surface area contributed by atoms with Crippen molar-refractivity contribution < 1.29 is 4.43 Å². The van der Waals surface area contributed by atoms with E-state index in [1.165, 1.54) is 5.56 Å². The third kappa shape index (κ3) is 5.42. The fourth-order valence-electron chi connectivity index (χ4n) is 1.20. The van der Waals surface area contributed by atoms with Gasteiger partial charge in [0.1, 0.15) is 5.09 Å². The molecule has 88 valence electrons. The van der Waals surface area contributed by atoms with Crippen molar-refractivity contribution in [2.24, 2.45) is 0 Å². The number of hydrogen-bond donors (Lipinski definition) is 0. The molecule has 1 aromatic rings. The van der Waals surface area contributed by atoms with Gasteiger partial charge in [-0.2, -0.15) is 0 Å². The summed E-state index contributed by atoms with van der Waals surface area (Å²) >= 11 is 1.78. The maximum absolute atomic E-state index is 5.97. The zero-order chi connectivity index (χ0) is 12.0. The number of benzene rings is 1. The van der Waals surface area contributed by atoms with Crippen LogP contribution in [0.3, 0.4) is 0 Å². The largest absolute Gasteiger partial charge is 0.540 e. The van der Waals surface area contributed by atoms with Crippen molar-refractivity contribution in [3.63, 3.8) is 0 Å². The molecule has 0 heterocycles. The summed E-state index contributed by atoms with van der Waals surface area (Å²) < 4.78 is 5.97. The van der Waals surface area contributed by atoms with Gasteiger partial charge in [-0.3, -0.25) is 0 Å². The predicted octanol–water partition coefficient (Wildman–Crippen LogP) is 4.63. The fourth-order valence-corrected chi connectivity index (χ4v) is 3.58. The minimum absolute atomic E-state index is 0.977. The minimum Gasteiger partial charge on any atom is -0.540 e. The van der Waals surface area contributed by atoms with Crippen molar-refractivity contribution in [2.75, 3.05) is 0 Å². The van der Waals surface area contributed by atoms with Crippen molar-refractivity contribution in [3.8, 4) is 0 Å². The van der Waals surface area contributed by atoms with E-state index in [0.717, 1.165) is 10.8 Å². The maximum Gasteiger partial charge on any atom is 0.242 e. The van der Waals surface area contributed by atoms with Crippen LogP contribution in [0, 0.1) is 0 Å². The SMILES string of the molecule is CC=C(O[Si](C)(C)C)SCc1ccccc1. The third-order valence-electron chi connectivity index (χ3n) is 1.87. The van der Waals surface area contributed by atoms with E-state index < -0.39 is 8.32 Å². The predicted molar refractivity (Wildman–Crippen MR) is 75.9 cm³/mol. The van der Waals surface area contributed by atoms with Gasteiger partial charge in [0.15, 0.2) is 0 Å². The fraction of sp³-hybridized carbons (Fsp3) is 0.385. The zero-order valence-corrected chi connectivity index (χ0v) is 12.3. The van der Waals surface area contributed by atoms with Gasteiger partial charge >= 0.3 is 0 Å². The van der Waals surface area contributed by atoms with Gasteiger partial charge in [-0.1, -0.05) is 42.1 Å².